The van der Waals surface area contributed by atoms with Crippen molar-refractivity contribution in [3.05, 3.63) is 63.7 Å². The summed E-state index contributed by atoms with van der Waals surface area (Å²) in [5.74, 6) is -2.27. The van der Waals surface area contributed by atoms with Gasteiger partial charge in [-0.1, -0.05) is 6.07 Å². The van der Waals surface area contributed by atoms with E-state index in [0.717, 1.165) is 0 Å². The number of hydrogen-bond acceptors (Lipinski definition) is 8. The molecule has 1 heterocycles. The van der Waals surface area contributed by atoms with Gasteiger partial charge >= 0.3 is 12.0 Å². The number of nitrogens with one attached hydrogen (secondary N) is 3. The molecule has 3 aromatic rings. The first-order valence-corrected chi connectivity index (χ1v) is 9.92. The summed E-state index contributed by atoms with van der Waals surface area (Å²) < 4.78 is 4.98. The fourth-order valence-corrected chi connectivity index (χ4v) is 3.10. The summed E-state index contributed by atoms with van der Waals surface area (Å²) in [6.45, 7) is 0. The summed E-state index contributed by atoms with van der Waals surface area (Å²) in [7, 11) is 0. The zero-order valence-corrected chi connectivity index (χ0v) is 17.6. The number of amidine groups is 1. The maximum Gasteiger partial charge on any atom is 0.546 e. The van der Waals surface area contributed by atoms with Crippen molar-refractivity contribution in [3.63, 3.8) is 0 Å². The number of nitrogens with zero attached hydrogens (tertiary/aromatic N) is 2. The van der Waals surface area contributed by atoms with E-state index in [1.807, 2.05) is 0 Å². The van der Waals surface area contributed by atoms with Crippen LogP contribution in [0.5, 0.6) is 0 Å². The lowest BCUT2D eigenvalue weighted by Crippen LogP contribution is -2.30. The number of hydrogen-bond donors (Lipinski definition) is 5. The molecule has 0 aliphatic rings. The Kier molecular flexibility index (Phi) is 7.16. The quantitative estimate of drug-likeness (QED) is 0.127. The van der Waals surface area contributed by atoms with E-state index in [4.69, 9.17) is 15.6 Å². The standard InChI is InChI=1S/C21H20N6O7/c22-20(23)11-1-4-13(5-2-11)24-17(28)7-8-18(29)25-14(10-19(30)31)12-3-6-16-15(9-12)26-21(34-16)27(32)33/h1-6,9,14H,7-8,10H2,(H3,22,23)(H,24,28)(H,25,29)(H,30,31). The van der Waals surface area contributed by atoms with Gasteiger partial charge in [-0.3, -0.25) is 19.8 Å². The number of carbonyl (C=O) groups excluding carboxylic acids is 2. The molecule has 1 unspecified atom stereocenters. The monoisotopic (exact) mass is 468 g/mol. The smallest absolute Gasteiger partial charge is 0.481 e. The van der Waals surface area contributed by atoms with Crippen molar-refractivity contribution in [2.75, 3.05) is 5.32 Å². The third kappa shape index (κ3) is 6.12. The molecule has 2 amide bonds. The van der Waals surface area contributed by atoms with Gasteiger partial charge in [0.25, 0.3) is 0 Å². The highest BCUT2D eigenvalue weighted by atomic mass is 16.7. The molecule has 13 heteroatoms. The van der Waals surface area contributed by atoms with Crippen LogP contribution in [-0.2, 0) is 14.4 Å². The summed E-state index contributed by atoms with van der Waals surface area (Å²) in [4.78, 5) is 49.6. The van der Waals surface area contributed by atoms with Crippen LogP contribution in [-0.4, -0.2) is 38.6 Å². The van der Waals surface area contributed by atoms with Crippen molar-refractivity contribution in [1.82, 2.24) is 10.3 Å². The van der Waals surface area contributed by atoms with Crippen LogP contribution in [0.15, 0.2) is 46.9 Å². The third-order valence-corrected chi connectivity index (χ3v) is 4.73. The van der Waals surface area contributed by atoms with Crippen LogP contribution in [0, 0.1) is 15.5 Å². The van der Waals surface area contributed by atoms with Crippen LogP contribution < -0.4 is 16.4 Å². The normalized spacial score (nSPS) is 11.5. The maximum absolute atomic E-state index is 12.4. The number of aromatic nitrogens is 1. The molecule has 0 saturated heterocycles. The second-order valence-electron chi connectivity index (χ2n) is 7.24. The van der Waals surface area contributed by atoms with E-state index in [1.54, 1.807) is 24.3 Å². The Bertz CT molecular complexity index is 1270. The summed E-state index contributed by atoms with van der Waals surface area (Å²) in [5, 5.41) is 32.6. The number of carboxylic acid groups (broad SMARTS) is 1. The largest absolute Gasteiger partial charge is 0.546 e. The van der Waals surface area contributed by atoms with Crippen LogP contribution >= 0.6 is 0 Å². The minimum atomic E-state index is -1.18. The Morgan fingerprint density at radius 3 is 2.44 bits per heavy atom. The number of nitro groups is 1. The molecule has 2 aromatic carbocycles. The zero-order chi connectivity index (χ0) is 24.8. The second-order valence-corrected chi connectivity index (χ2v) is 7.24. The molecule has 13 nitrogen and oxygen atoms in total. The molecule has 0 spiro atoms. The molecule has 0 aliphatic heterocycles. The van der Waals surface area contributed by atoms with Crippen LogP contribution in [0.4, 0.5) is 11.7 Å². The van der Waals surface area contributed by atoms with Crippen molar-refractivity contribution in [3.8, 4) is 0 Å². The Morgan fingerprint density at radius 2 is 1.82 bits per heavy atom. The van der Waals surface area contributed by atoms with Crippen LogP contribution in [0.1, 0.15) is 36.4 Å². The van der Waals surface area contributed by atoms with Gasteiger partial charge in [0.15, 0.2) is 5.58 Å². The minimum Gasteiger partial charge on any atom is -0.481 e. The minimum absolute atomic E-state index is 0.105. The van der Waals surface area contributed by atoms with Crippen LogP contribution in [0.3, 0.4) is 0 Å². The van der Waals surface area contributed by atoms with Crippen molar-refractivity contribution in [1.29, 1.82) is 5.41 Å². The molecular weight excluding hydrogens is 448 g/mol. The second kappa shape index (κ2) is 10.2. The highest BCUT2D eigenvalue weighted by molar-refractivity contribution is 5.96. The number of amides is 2. The van der Waals surface area contributed by atoms with Gasteiger partial charge in [0, 0.05) is 34.0 Å². The first-order valence-electron chi connectivity index (χ1n) is 9.92. The molecule has 0 aliphatic carbocycles. The molecule has 0 radical (unpaired) electrons. The number of benzene rings is 2. The van der Waals surface area contributed by atoms with E-state index in [0.29, 0.717) is 16.8 Å². The topological polar surface area (TPSA) is 215 Å². The van der Waals surface area contributed by atoms with Crippen molar-refractivity contribution in [2.24, 2.45) is 5.73 Å². The molecule has 1 aromatic heterocycles. The maximum atomic E-state index is 12.4. The molecule has 3 rings (SSSR count). The number of carboxylic acids is 1. The molecule has 0 saturated carbocycles. The van der Waals surface area contributed by atoms with Crippen LogP contribution in [0.2, 0.25) is 0 Å². The number of anilines is 1. The first kappa shape index (κ1) is 23.8. The fourth-order valence-electron chi connectivity index (χ4n) is 3.10. The molecule has 0 fully saturated rings. The van der Waals surface area contributed by atoms with Gasteiger partial charge < -0.3 is 36.0 Å². The lowest BCUT2D eigenvalue weighted by atomic mass is 10.0. The fraction of sp³-hybridized carbons (Fsp3) is 0.190. The highest BCUT2D eigenvalue weighted by Crippen LogP contribution is 2.25. The Hall–Kier alpha value is -4.81. The molecule has 176 valence electrons. The van der Waals surface area contributed by atoms with Crippen LogP contribution in [0.25, 0.3) is 11.1 Å². The van der Waals surface area contributed by atoms with E-state index in [2.05, 4.69) is 15.6 Å². The molecular formula is C21H20N6O7. The van der Waals surface area contributed by atoms with Crippen molar-refractivity contribution >= 4 is 46.4 Å². The molecule has 6 N–H and O–H groups in total. The number of nitrogens with two attached hydrogens (primary N) is 1. The molecule has 0 bridgehead atoms. The average Bonchev–Trinajstić information content (AvgIpc) is 3.21. The SMILES string of the molecule is N=C(N)c1ccc(NC(=O)CCC(=O)NC(CC(=O)O)c2ccc3oc([N+](=O)[O-])nc3c2)cc1. The highest BCUT2D eigenvalue weighted by Gasteiger charge is 2.23. The lowest BCUT2D eigenvalue weighted by molar-refractivity contribution is -0.406. The molecule has 1 atom stereocenters. The Balaban J connectivity index is 1.62. The summed E-state index contributed by atoms with van der Waals surface area (Å²) in [5.41, 5.74) is 6.99. The summed E-state index contributed by atoms with van der Waals surface area (Å²) in [6, 6.07) is 8.91. The number of rotatable bonds is 10. The number of oxazole rings is 1. The van der Waals surface area contributed by atoms with Gasteiger partial charge in [-0.05, 0) is 42.0 Å². The Labute approximate surface area is 191 Å². The van der Waals surface area contributed by atoms with Crippen molar-refractivity contribution in [2.45, 2.75) is 25.3 Å². The van der Waals surface area contributed by atoms with E-state index in [1.165, 1.54) is 18.2 Å². The predicted octanol–water partition coefficient (Wildman–Crippen LogP) is 2.07. The van der Waals surface area contributed by atoms with E-state index >= 15 is 0 Å². The van der Waals surface area contributed by atoms with Gasteiger partial charge in [0.2, 0.25) is 17.3 Å². The van der Waals surface area contributed by atoms with Gasteiger partial charge in [0.05, 0.1) is 12.5 Å². The van der Waals surface area contributed by atoms with Gasteiger partial charge in [0.1, 0.15) is 5.84 Å². The number of nitrogen functional groups attached to an aromatic ring is 1. The van der Waals surface area contributed by atoms with Gasteiger partial charge in [-0.2, -0.15) is 0 Å². The first-order chi connectivity index (χ1) is 16.1. The zero-order valence-electron chi connectivity index (χ0n) is 17.6. The summed E-state index contributed by atoms with van der Waals surface area (Å²) in [6.07, 6.45) is -0.814. The number of aliphatic carboxylic acids is 1. The van der Waals surface area contributed by atoms with E-state index in [9.17, 15) is 29.6 Å². The van der Waals surface area contributed by atoms with Gasteiger partial charge in [-0.15, -0.1) is 0 Å². The third-order valence-electron chi connectivity index (χ3n) is 4.73. The van der Waals surface area contributed by atoms with E-state index < -0.39 is 41.2 Å². The number of carbonyl (C=O) groups is 3. The lowest BCUT2D eigenvalue weighted by Gasteiger charge is -2.17. The Morgan fingerprint density at radius 1 is 1.15 bits per heavy atom. The number of fused-ring (bicyclic) bond motifs is 1. The van der Waals surface area contributed by atoms with E-state index in [-0.39, 0.29) is 29.8 Å². The van der Waals surface area contributed by atoms with Crippen molar-refractivity contribution < 1.29 is 28.8 Å². The summed E-state index contributed by atoms with van der Waals surface area (Å²) >= 11 is 0. The average molecular weight is 468 g/mol. The molecule has 34 heavy (non-hydrogen) atoms. The van der Waals surface area contributed by atoms with Gasteiger partial charge in [-0.25, -0.2) is 0 Å². The predicted molar refractivity (Wildman–Crippen MR) is 119 cm³/mol.